The standard InChI is InChI=1S/C13H11F3N2O5/c1-17-7-5-9(23-3)8(22-2)4-6(7)10(13(14,15)16)11(12(17)19)18(20)21/h4-5H,1-3H3. The Morgan fingerprint density at radius 2 is 1.70 bits per heavy atom. The van der Waals surface area contributed by atoms with Crippen LogP contribution in [0.5, 0.6) is 11.5 Å². The second kappa shape index (κ2) is 5.45. The zero-order valence-electron chi connectivity index (χ0n) is 12.2. The molecule has 0 unspecified atom stereocenters. The highest BCUT2D eigenvalue weighted by Crippen LogP contribution is 2.42. The van der Waals surface area contributed by atoms with E-state index in [9.17, 15) is 28.1 Å². The van der Waals surface area contributed by atoms with E-state index >= 15 is 0 Å². The summed E-state index contributed by atoms with van der Waals surface area (Å²) in [6.45, 7) is 0. The Bertz CT molecular complexity index is 858. The van der Waals surface area contributed by atoms with E-state index in [0.717, 1.165) is 23.7 Å². The fourth-order valence-electron chi connectivity index (χ4n) is 2.31. The molecule has 0 amide bonds. The van der Waals surface area contributed by atoms with Crippen LogP contribution < -0.4 is 15.0 Å². The molecule has 0 bridgehead atoms. The third kappa shape index (κ3) is 2.56. The zero-order chi connectivity index (χ0) is 17.5. The SMILES string of the molecule is COc1cc2c(C(F)(F)F)c([N+](=O)[O-])c(=O)n(C)c2cc1OC. The first-order valence-corrected chi connectivity index (χ1v) is 6.13. The van der Waals surface area contributed by atoms with Crippen LogP contribution in [0.3, 0.4) is 0 Å². The highest BCUT2D eigenvalue weighted by Gasteiger charge is 2.43. The number of ether oxygens (including phenoxy) is 2. The van der Waals surface area contributed by atoms with E-state index < -0.39 is 33.3 Å². The second-order valence-corrected chi connectivity index (χ2v) is 4.57. The molecule has 2 aromatic rings. The van der Waals surface area contributed by atoms with Crippen LogP contribution in [-0.4, -0.2) is 23.7 Å². The minimum atomic E-state index is -5.09. The van der Waals surface area contributed by atoms with Gasteiger partial charge in [0.15, 0.2) is 11.5 Å². The molecule has 0 aliphatic rings. The van der Waals surface area contributed by atoms with Gasteiger partial charge in [-0.25, -0.2) is 0 Å². The van der Waals surface area contributed by atoms with Gasteiger partial charge in [-0.1, -0.05) is 0 Å². The number of rotatable bonds is 3. The second-order valence-electron chi connectivity index (χ2n) is 4.57. The molecule has 0 fully saturated rings. The minimum absolute atomic E-state index is 0.0431. The van der Waals surface area contributed by atoms with Crippen LogP contribution in [0.2, 0.25) is 0 Å². The molecule has 0 saturated carbocycles. The summed E-state index contributed by atoms with van der Waals surface area (Å²) < 4.78 is 50.7. The topological polar surface area (TPSA) is 83.6 Å². The van der Waals surface area contributed by atoms with E-state index in [-0.39, 0.29) is 17.0 Å². The summed E-state index contributed by atoms with van der Waals surface area (Å²) in [7, 11) is 3.63. The average Bonchev–Trinajstić information content (AvgIpc) is 2.47. The van der Waals surface area contributed by atoms with Crippen molar-refractivity contribution in [3.05, 3.63) is 38.2 Å². The first-order chi connectivity index (χ1) is 10.6. The third-order valence-corrected chi connectivity index (χ3v) is 3.34. The number of hydrogen-bond donors (Lipinski definition) is 0. The molecule has 0 radical (unpaired) electrons. The fraction of sp³-hybridized carbons (Fsp3) is 0.308. The number of alkyl halides is 3. The molecule has 1 aromatic carbocycles. The smallest absolute Gasteiger partial charge is 0.423 e. The van der Waals surface area contributed by atoms with Crippen molar-refractivity contribution < 1.29 is 27.6 Å². The lowest BCUT2D eigenvalue weighted by atomic mass is 10.1. The highest BCUT2D eigenvalue weighted by molar-refractivity contribution is 5.89. The van der Waals surface area contributed by atoms with Crippen LogP contribution in [0.1, 0.15) is 5.56 Å². The molecular weight excluding hydrogens is 321 g/mol. The molecule has 0 saturated heterocycles. The van der Waals surface area contributed by atoms with Crippen molar-refractivity contribution in [1.29, 1.82) is 0 Å². The van der Waals surface area contributed by atoms with Gasteiger partial charge in [-0.05, 0) is 6.07 Å². The Balaban J connectivity index is 3.14. The van der Waals surface area contributed by atoms with Gasteiger partial charge >= 0.3 is 17.4 Å². The Morgan fingerprint density at radius 3 is 2.13 bits per heavy atom. The van der Waals surface area contributed by atoms with E-state index in [4.69, 9.17) is 9.47 Å². The third-order valence-electron chi connectivity index (χ3n) is 3.34. The normalized spacial score (nSPS) is 11.6. The van der Waals surface area contributed by atoms with Gasteiger partial charge < -0.3 is 14.0 Å². The van der Waals surface area contributed by atoms with E-state index in [1.807, 2.05) is 0 Å². The fourth-order valence-corrected chi connectivity index (χ4v) is 2.31. The Kier molecular flexibility index (Phi) is 3.93. The van der Waals surface area contributed by atoms with Crippen LogP contribution in [0, 0.1) is 10.1 Å². The molecular formula is C13H11F3N2O5. The van der Waals surface area contributed by atoms with Crippen LogP contribution in [-0.2, 0) is 13.2 Å². The summed E-state index contributed by atoms with van der Waals surface area (Å²) in [6, 6.07) is 2.12. The molecule has 0 spiro atoms. The Labute approximate surface area is 127 Å². The minimum Gasteiger partial charge on any atom is -0.493 e. The van der Waals surface area contributed by atoms with Crippen LogP contribution >= 0.6 is 0 Å². The Hall–Kier alpha value is -2.78. The molecule has 1 aromatic heterocycles. The number of halogens is 3. The maximum atomic E-state index is 13.3. The summed E-state index contributed by atoms with van der Waals surface area (Å²) in [5.74, 6) is 0.0513. The molecule has 10 heteroatoms. The predicted octanol–water partition coefficient (Wildman–Crippen LogP) is 2.48. The lowest BCUT2D eigenvalue weighted by Crippen LogP contribution is -2.25. The number of nitrogens with zero attached hydrogens (tertiary/aromatic N) is 2. The van der Waals surface area contributed by atoms with Crippen molar-refractivity contribution >= 4 is 16.6 Å². The van der Waals surface area contributed by atoms with Crippen molar-refractivity contribution in [3.63, 3.8) is 0 Å². The summed E-state index contributed by atoms with van der Waals surface area (Å²) in [6.07, 6.45) is -5.09. The van der Waals surface area contributed by atoms with Crippen molar-refractivity contribution in [2.75, 3.05) is 14.2 Å². The molecule has 0 atom stereocenters. The molecule has 0 aliphatic heterocycles. The molecule has 1 heterocycles. The van der Waals surface area contributed by atoms with Gasteiger partial charge in [0.25, 0.3) is 0 Å². The first kappa shape index (κ1) is 16.6. The molecule has 23 heavy (non-hydrogen) atoms. The monoisotopic (exact) mass is 332 g/mol. The van der Waals surface area contributed by atoms with Crippen molar-refractivity contribution in [1.82, 2.24) is 4.57 Å². The summed E-state index contributed by atoms with van der Waals surface area (Å²) >= 11 is 0. The van der Waals surface area contributed by atoms with Crippen molar-refractivity contribution in [3.8, 4) is 11.5 Å². The summed E-state index contributed by atoms with van der Waals surface area (Å²) in [4.78, 5) is 21.7. The number of aryl methyl sites for hydroxylation is 1. The van der Waals surface area contributed by atoms with Crippen LogP contribution in [0.15, 0.2) is 16.9 Å². The first-order valence-electron chi connectivity index (χ1n) is 6.13. The van der Waals surface area contributed by atoms with Gasteiger partial charge in [0.05, 0.1) is 24.7 Å². The number of fused-ring (bicyclic) bond motifs is 1. The summed E-state index contributed by atoms with van der Waals surface area (Å²) in [5.41, 5.74) is -4.66. The van der Waals surface area contributed by atoms with E-state index in [0.29, 0.717) is 0 Å². The molecule has 7 nitrogen and oxygen atoms in total. The van der Waals surface area contributed by atoms with E-state index in [1.165, 1.54) is 14.2 Å². The Morgan fingerprint density at radius 1 is 1.17 bits per heavy atom. The maximum absolute atomic E-state index is 13.3. The number of methoxy groups -OCH3 is 2. The van der Waals surface area contributed by atoms with E-state index in [2.05, 4.69) is 0 Å². The van der Waals surface area contributed by atoms with Gasteiger partial charge in [-0.2, -0.15) is 13.2 Å². The van der Waals surface area contributed by atoms with Gasteiger partial charge in [-0.15, -0.1) is 0 Å². The largest absolute Gasteiger partial charge is 0.493 e. The average molecular weight is 332 g/mol. The zero-order valence-corrected chi connectivity index (χ0v) is 12.2. The van der Waals surface area contributed by atoms with Crippen LogP contribution in [0.4, 0.5) is 18.9 Å². The number of benzene rings is 1. The van der Waals surface area contributed by atoms with E-state index in [1.54, 1.807) is 0 Å². The summed E-state index contributed by atoms with van der Waals surface area (Å²) in [5, 5.41) is 10.5. The van der Waals surface area contributed by atoms with Crippen molar-refractivity contribution in [2.24, 2.45) is 7.05 Å². The lowest BCUT2D eigenvalue weighted by Gasteiger charge is -2.16. The number of pyridine rings is 1. The number of aromatic nitrogens is 1. The highest BCUT2D eigenvalue weighted by atomic mass is 19.4. The van der Waals surface area contributed by atoms with Gasteiger partial charge in [0.1, 0.15) is 5.56 Å². The number of hydrogen-bond acceptors (Lipinski definition) is 5. The van der Waals surface area contributed by atoms with Crippen molar-refractivity contribution in [2.45, 2.75) is 6.18 Å². The van der Waals surface area contributed by atoms with Gasteiger partial charge in [0, 0.05) is 18.5 Å². The maximum Gasteiger partial charge on any atom is 0.423 e. The molecule has 124 valence electrons. The predicted molar refractivity (Wildman–Crippen MR) is 73.9 cm³/mol. The van der Waals surface area contributed by atoms with Gasteiger partial charge in [0.2, 0.25) is 0 Å². The lowest BCUT2D eigenvalue weighted by molar-refractivity contribution is -0.389. The number of nitro groups is 1. The quantitative estimate of drug-likeness (QED) is 0.637. The molecule has 2 rings (SSSR count). The molecule has 0 aliphatic carbocycles. The van der Waals surface area contributed by atoms with Crippen LogP contribution in [0.25, 0.3) is 10.9 Å². The molecule has 0 N–H and O–H groups in total. The van der Waals surface area contributed by atoms with Gasteiger partial charge in [-0.3, -0.25) is 14.9 Å².